The van der Waals surface area contributed by atoms with Gasteiger partial charge in [-0.05, 0) is 51.1 Å². The van der Waals surface area contributed by atoms with Crippen molar-refractivity contribution >= 4 is 10.0 Å². The summed E-state index contributed by atoms with van der Waals surface area (Å²) in [7, 11) is -1.59. The number of hydrogen-bond acceptors (Lipinski definition) is 4. The van der Waals surface area contributed by atoms with Crippen LogP contribution in [0.1, 0.15) is 18.9 Å². The van der Waals surface area contributed by atoms with E-state index in [-0.39, 0.29) is 0 Å². The summed E-state index contributed by atoms with van der Waals surface area (Å²) in [5, 5.41) is 3.07. The van der Waals surface area contributed by atoms with E-state index >= 15 is 0 Å². The molecule has 0 amide bonds. The van der Waals surface area contributed by atoms with E-state index in [0.29, 0.717) is 24.5 Å². The van der Waals surface area contributed by atoms with Gasteiger partial charge < -0.3 is 10.1 Å². The summed E-state index contributed by atoms with van der Waals surface area (Å²) in [4.78, 5) is 0.304. The highest BCUT2D eigenvalue weighted by Gasteiger charge is 2.34. The molecule has 5 nitrogen and oxygen atoms in total. The van der Waals surface area contributed by atoms with Crippen molar-refractivity contribution in [2.75, 3.05) is 26.8 Å². The number of rotatable bonds is 6. The average molecular weight is 298 g/mol. The fourth-order valence-electron chi connectivity index (χ4n) is 2.24. The zero-order valence-electron chi connectivity index (χ0n) is 12.0. The van der Waals surface area contributed by atoms with Crippen LogP contribution >= 0.6 is 0 Å². The van der Waals surface area contributed by atoms with Gasteiger partial charge in [-0.2, -0.15) is 0 Å². The van der Waals surface area contributed by atoms with Crippen molar-refractivity contribution < 1.29 is 13.2 Å². The standard InChI is InChI=1S/C14H22N2O3S/c1-14(8-10-19-11-14)16-20(17,18)13-5-3-12(4-6-13)7-9-15-2/h3-6,15-16H,7-11H2,1-2H3. The molecule has 0 bridgehead atoms. The Hall–Kier alpha value is -0.950. The van der Waals surface area contributed by atoms with Crippen LogP contribution in [0.3, 0.4) is 0 Å². The molecule has 1 aliphatic rings. The molecule has 0 aliphatic carbocycles. The number of benzene rings is 1. The molecule has 1 saturated heterocycles. The molecule has 0 radical (unpaired) electrons. The number of ether oxygens (including phenoxy) is 1. The molecule has 1 aliphatic heterocycles. The predicted octanol–water partition coefficient (Wildman–Crippen LogP) is 0.906. The summed E-state index contributed by atoms with van der Waals surface area (Å²) >= 11 is 0. The van der Waals surface area contributed by atoms with Gasteiger partial charge in [0.25, 0.3) is 0 Å². The first-order valence-electron chi connectivity index (χ1n) is 6.80. The van der Waals surface area contributed by atoms with Gasteiger partial charge in [0, 0.05) is 6.61 Å². The van der Waals surface area contributed by atoms with Gasteiger partial charge in [-0.25, -0.2) is 13.1 Å². The first kappa shape index (κ1) is 15.4. The van der Waals surface area contributed by atoms with E-state index < -0.39 is 15.6 Å². The summed E-state index contributed by atoms with van der Waals surface area (Å²) in [5.41, 5.74) is 0.623. The third-order valence-corrected chi connectivity index (χ3v) is 5.15. The molecular formula is C14H22N2O3S. The topological polar surface area (TPSA) is 67.4 Å². The molecule has 20 heavy (non-hydrogen) atoms. The van der Waals surface area contributed by atoms with E-state index in [9.17, 15) is 8.42 Å². The molecule has 112 valence electrons. The summed E-state index contributed by atoms with van der Waals surface area (Å²) < 4.78 is 32.7. The molecule has 6 heteroatoms. The highest BCUT2D eigenvalue weighted by Crippen LogP contribution is 2.21. The normalized spacial score (nSPS) is 23.1. The molecule has 0 aromatic heterocycles. The smallest absolute Gasteiger partial charge is 0.241 e. The Morgan fingerprint density at radius 1 is 1.30 bits per heavy atom. The fraction of sp³-hybridized carbons (Fsp3) is 0.571. The van der Waals surface area contributed by atoms with Crippen molar-refractivity contribution in [2.24, 2.45) is 0 Å². The molecule has 0 spiro atoms. The van der Waals surface area contributed by atoms with E-state index in [4.69, 9.17) is 4.74 Å². The Bertz CT molecular complexity index is 534. The second-order valence-corrected chi connectivity index (χ2v) is 7.15. The minimum Gasteiger partial charge on any atom is -0.379 e. The van der Waals surface area contributed by atoms with Crippen LogP contribution in [0.25, 0.3) is 0 Å². The van der Waals surface area contributed by atoms with E-state index in [1.54, 1.807) is 12.1 Å². The van der Waals surface area contributed by atoms with Crippen molar-refractivity contribution in [1.29, 1.82) is 0 Å². The third-order valence-electron chi connectivity index (χ3n) is 3.50. The summed E-state index contributed by atoms with van der Waals surface area (Å²) in [5.74, 6) is 0. The van der Waals surface area contributed by atoms with E-state index in [1.807, 2.05) is 26.1 Å². The summed E-state index contributed by atoms with van der Waals surface area (Å²) in [6.07, 6.45) is 1.59. The summed E-state index contributed by atoms with van der Waals surface area (Å²) in [6.45, 7) is 3.77. The second kappa shape index (κ2) is 6.22. The first-order chi connectivity index (χ1) is 9.45. The molecule has 1 aromatic carbocycles. The van der Waals surface area contributed by atoms with Crippen molar-refractivity contribution in [3.8, 4) is 0 Å². The van der Waals surface area contributed by atoms with Gasteiger partial charge in [-0.3, -0.25) is 0 Å². The molecule has 1 unspecified atom stereocenters. The Morgan fingerprint density at radius 2 is 2.00 bits per heavy atom. The van der Waals surface area contributed by atoms with Crippen molar-refractivity contribution in [2.45, 2.75) is 30.2 Å². The van der Waals surface area contributed by atoms with Crippen LogP contribution in [0.15, 0.2) is 29.2 Å². The Kier molecular flexibility index (Phi) is 4.80. The maximum atomic E-state index is 12.3. The summed E-state index contributed by atoms with van der Waals surface area (Å²) in [6, 6.07) is 7.04. The SMILES string of the molecule is CNCCc1ccc(S(=O)(=O)NC2(C)CCOC2)cc1. The van der Waals surface area contributed by atoms with Crippen molar-refractivity contribution in [3.63, 3.8) is 0 Å². The van der Waals surface area contributed by atoms with Crippen LogP contribution in [0.2, 0.25) is 0 Å². The maximum Gasteiger partial charge on any atom is 0.241 e. The monoisotopic (exact) mass is 298 g/mol. The van der Waals surface area contributed by atoms with E-state index in [1.165, 1.54) is 0 Å². The zero-order valence-corrected chi connectivity index (χ0v) is 12.8. The number of sulfonamides is 1. The highest BCUT2D eigenvalue weighted by molar-refractivity contribution is 7.89. The Balaban J connectivity index is 2.09. The van der Waals surface area contributed by atoms with Crippen LogP contribution in [-0.2, 0) is 21.2 Å². The van der Waals surface area contributed by atoms with Gasteiger partial charge in [-0.1, -0.05) is 12.1 Å². The van der Waals surface area contributed by atoms with Crippen LogP contribution in [0.4, 0.5) is 0 Å². The Labute approximate surface area is 120 Å². The van der Waals surface area contributed by atoms with Crippen LogP contribution in [0, 0.1) is 0 Å². The van der Waals surface area contributed by atoms with E-state index in [2.05, 4.69) is 10.0 Å². The fourth-order valence-corrected chi connectivity index (χ4v) is 3.66. The minimum absolute atomic E-state index is 0.304. The lowest BCUT2D eigenvalue weighted by atomic mass is 10.0. The second-order valence-electron chi connectivity index (χ2n) is 5.47. The van der Waals surface area contributed by atoms with E-state index in [0.717, 1.165) is 18.5 Å². The molecule has 1 fully saturated rings. The number of hydrogen-bond donors (Lipinski definition) is 2. The third kappa shape index (κ3) is 3.79. The average Bonchev–Trinajstić information content (AvgIpc) is 2.82. The Morgan fingerprint density at radius 3 is 2.55 bits per heavy atom. The zero-order chi connectivity index (χ0) is 14.6. The van der Waals surface area contributed by atoms with Crippen LogP contribution in [-0.4, -0.2) is 40.8 Å². The first-order valence-corrected chi connectivity index (χ1v) is 8.29. The van der Waals surface area contributed by atoms with Crippen molar-refractivity contribution in [3.05, 3.63) is 29.8 Å². The predicted molar refractivity (Wildman–Crippen MR) is 78.2 cm³/mol. The number of likely N-dealkylation sites (N-methyl/N-ethyl adjacent to an activating group) is 1. The minimum atomic E-state index is -3.49. The van der Waals surface area contributed by atoms with Crippen LogP contribution < -0.4 is 10.0 Å². The van der Waals surface area contributed by atoms with Crippen molar-refractivity contribution in [1.82, 2.24) is 10.0 Å². The molecule has 1 aromatic rings. The largest absolute Gasteiger partial charge is 0.379 e. The molecule has 1 atom stereocenters. The molecule has 0 saturated carbocycles. The lowest BCUT2D eigenvalue weighted by Crippen LogP contribution is -2.46. The van der Waals surface area contributed by atoms with Gasteiger partial charge in [0.15, 0.2) is 0 Å². The van der Waals surface area contributed by atoms with Crippen LogP contribution in [0.5, 0.6) is 0 Å². The number of nitrogens with one attached hydrogen (secondary N) is 2. The molecule has 1 heterocycles. The van der Waals surface area contributed by atoms with Gasteiger partial charge >= 0.3 is 0 Å². The quantitative estimate of drug-likeness (QED) is 0.819. The molecular weight excluding hydrogens is 276 g/mol. The molecule has 2 rings (SSSR count). The van der Waals surface area contributed by atoms with Gasteiger partial charge in [0.1, 0.15) is 0 Å². The lowest BCUT2D eigenvalue weighted by molar-refractivity contribution is 0.178. The molecule has 2 N–H and O–H groups in total. The lowest BCUT2D eigenvalue weighted by Gasteiger charge is -2.23. The maximum absolute atomic E-state index is 12.3. The highest BCUT2D eigenvalue weighted by atomic mass is 32.2. The van der Waals surface area contributed by atoms with Gasteiger partial charge in [0.05, 0.1) is 17.0 Å². The van der Waals surface area contributed by atoms with Gasteiger partial charge in [-0.15, -0.1) is 0 Å². The van der Waals surface area contributed by atoms with Gasteiger partial charge in [0.2, 0.25) is 10.0 Å².